The minimum atomic E-state index is -0.745. The molecule has 2 fully saturated rings. The van der Waals surface area contributed by atoms with Gasteiger partial charge in [0.05, 0.1) is 11.8 Å². The number of nitrogens with zero attached hydrogens (tertiary/aromatic N) is 1. The molecule has 3 unspecified atom stereocenters. The first kappa shape index (κ1) is 23.0. The van der Waals surface area contributed by atoms with Crippen LogP contribution in [0, 0.1) is 29.1 Å². The molecule has 3 atom stereocenters. The first-order valence-corrected chi connectivity index (χ1v) is 12.0. The molecular formula is C26H32N4O3. The summed E-state index contributed by atoms with van der Waals surface area (Å²) in [5.41, 5.74) is 2.76. The molecule has 33 heavy (non-hydrogen) atoms. The first-order valence-electron chi connectivity index (χ1n) is 12.0. The minimum absolute atomic E-state index is 0.0669. The van der Waals surface area contributed by atoms with Crippen LogP contribution in [0.4, 0.5) is 0 Å². The Morgan fingerprint density at radius 3 is 2.67 bits per heavy atom. The topological polar surface area (TPSA) is 115 Å². The number of amides is 2. The summed E-state index contributed by atoms with van der Waals surface area (Å²) in [6, 6.07) is 9.41. The summed E-state index contributed by atoms with van der Waals surface area (Å²) in [4.78, 5) is 41.3. The van der Waals surface area contributed by atoms with Crippen molar-refractivity contribution in [1.29, 1.82) is 5.26 Å². The standard InChI is InChI=1S/C26H32N4O3/c1-15(2)10-18(26(33)29-19(14-27)11-17-8-9-28-25(17)32)12-24(31)23-13-21-20(16-6-7-16)4-3-5-22(21)30-23/h3-5,13,15-19,30H,6-12H2,1-2H3,(H,28,32)(H,29,33). The van der Waals surface area contributed by atoms with Crippen molar-refractivity contribution in [3.63, 3.8) is 0 Å². The van der Waals surface area contributed by atoms with Crippen LogP contribution in [0.15, 0.2) is 24.3 Å². The lowest BCUT2D eigenvalue weighted by Gasteiger charge is -2.21. The highest BCUT2D eigenvalue weighted by molar-refractivity contribution is 6.02. The van der Waals surface area contributed by atoms with E-state index in [0.717, 1.165) is 10.9 Å². The maximum atomic E-state index is 13.2. The van der Waals surface area contributed by atoms with Crippen molar-refractivity contribution < 1.29 is 14.4 Å². The largest absolute Gasteiger partial charge is 0.356 e. The maximum Gasteiger partial charge on any atom is 0.224 e. The fourth-order valence-corrected chi connectivity index (χ4v) is 4.85. The number of carbonyl (C=O) groups is 3. The molecule has 7 heteroatoms. The number of aromatic amines is 1. The van der Waals surface area contributed by atoms with Crippen molar-refractivity contribution in [1.82, 2.24) is 15.6 Å². The van der Waals surface area contributed by atoms with E-state index in [9.17, 15) is 19.6 Å². The van der Waals surface area contributed by atoms with Gasteiger partial charge in [0.1, 0.15) is 6.04 Å². The van der Waals surface area contributed by atoms with Crippen LogP contribution in [0.25, 0.3) is 10.9 Å². The lowest BCUT2D eigenvalue weighted by atomic mass is 9.90. The summed E-state index contributed by atoms with van der Waals surface area (Å²) < 4.78 is 0. The van der Waals surface area contributed by atoms with Crippen LogP contribution in [-0.2, 0) is 9.59 Å². The molecule has 2 amide bonds. The molecule has 174 valence electrons. The van der Waals surface area contributed by atoms with Crippen LogP contribution in [0.5, 0.6) is 0 Å². The lowest BCUT2D eigenvalue weighted by Crippen LogP contribution is -2.41. The zero-order valence-electron chi connectivity index (χ0n) is 19.3. The molecule has 2 aromatic rings. The maximum absolute atomic E-state index is 13.2. The van der Waals surface area contributed by atoms with Gasteiger partial charge in [-0.05, 0) is 61.6 Å². The van der Waals surface area contributed by atoms with Crippen molar-refractivity contribution in [2.24, 2.45) is 17.8 Å². The molecule has 0 spiro atoms. The summed E-state index contributed by atoms with van der Waals surface area (Å²) in [6.45, 7) is 4.63. The van der Waals surface area contributed by atoms with Crippen LogP contribution in [0.3, 0.4) is 0 Å². The molecule has 1 aromatic heterocycles. The van der Waals surface area contributed by atoms with Gasteiger partial charge in [-0.15, -0.1) is 0 Å². The van der Waals surface area contributed by atoms with Gasteiger partial charge < -0.3 is 15.6 Å². The average molecular weight is 449 g/mol. The zero-order chi connectivity index (χ0) is 23.5. The average Bonchev–Trinajstić information content (AvgIpc) is 3.40. The number of nitrogens with one attached hydrogen (secondary N) is 3. The third-order valence-corrected chi connectivity index (χ3v) is 6.73. The van der Waals surface area contributed by atoms with Crippen LogP contribution in [-0.4, -0.2) is 35.2 Å². The van der Waals surface area contributed by atoms with E-state index in [2.05, 4.69) is 27.8 Å². The number of benzene rings is 1. The van der Waals surface area contributed by atoms with Crippen LogP contribution in [0.2, 0.25) is 0 Å². The number of H-pyrrole nitrogens is 1. The number of Topliss-reactive ketones (excluding diaryl/α,β-unsaturated/α-hetero) is 1. The van der Waals surface area contributed by atoms with Crippen molar-refractivity contribution in [2.45, 2.75) is 64.3 Å². The molecule has 2 heterocycles. The Balaban J connectivity index is 1.45. The van der Waals surface area contributed by atoms with Gasteiger partial charge in [0.25, 0.3) is 0 Å². The van der Waals surface area contributed by atoms with E-state index < -0.39 is 12.0 Å². The predicted molar refractivity (Wildman–Crippen MR) is 125 cm³/mol. The fourth-order valence-electron chi connectivity index (χ4n) is 4.85. The van der Waals surface area contributed by atoms with Crippen LogP contribution < -0.4 is 10.6 Å². The second-order valence-electron chi connectivity index (χ2n) is 9.92. The molecule has 3 N–H and O–H groups in total. The highest BCUT2D eigenvalue weighted by Crippen LogP contribution is 2.43. The van der Waals surface area contributed by atoms with Gasteiger partial charge in [-0.2, -0.15) is 5.26 Å². The van der Waals surface area contributed by atoms with Crippen molar-refractivity contribution in [3.8, 4) is 6.07 Å². The Bertz CT molecular complexity index is 1090. The normalized spacial score (nSPS) is 19.8. The zero-order valence-corrected chi connectivity index (χ0v) is 19.3. The molecular weight excluding hydrogens is 416 g/mol. The Hall–Kier alpha value is -3.14. The van der Waals surface area contributed by atoms with E-state index in [1.54, 1.807) is 0 Å². The smallest absolute Gasteiger partial charge is 0.224 e. The third-order valence-electron chi connectivity index (χ3n) is 6.73. The Kier molecular flexibility index (Phi) is 6.83. The number of rotatable bonds is 10. The summed E-state index contributed by atoms with van der Waals surface area (Å²) in [7, 11) is 0. The number of fused-ring (bicyclic) bond motifs is 1. The van der Waals surface area contributed by atoms with E-state index in [1.807, 2.05) is 32.0 Å². The molecule has 1 aliphatic heterocycles. The van der Waals surface area contributed by atoms with E-state index >= 15 is 0 Å². The second-order valence-corrected chi connectivity index (χ2v) is 9.92. The first-order chi connectivity index (χ1) is 15.9. The number of carbonyl (C=O) groups excluding carboxylic acids is 3. The van der Waals surface area contributed by atoms with E-state index in [4.69, 9.17) is 0 Å². The van der Waals surface area contributed by atoms with Crippen LogP contribution in [0.1, 0.15) is 74.3 Å². The third kappa shape index (κ3) is 5.44. The van der Waals surface area contributed by atoms with Crippen LogP contribution >= 0.6 is 0 Å². The fraction of sp³-hybridized carbons (Fsp3) is 0.538. The molecule has 2 aliphatic rings. The highest BCUT2D eigenvalue weighted by atomic mass is 16.2. The van der Waals surface area contributed by atoms with Gasteiger partial charge >= 0.3 is 0 Å². The second kappa shape index (κ2) is 9.78. The van der Waals surface area contributed by atoms with Crippen molar-refractivity contribution >= 4 is 28.5 Å². The molecule has 1 aromatic carbocycles. The summed E-state index contributed by atoms with van der Waals surface area (Å²) in [5, 5.41) is 16.2. The van der Waals surface area contributed by atoms with Gasteiger partial charge in [-0.25, -0.2) is 0 Å². The number of hydrogen-bond donors (Lipinski definition) is 3. The Morgan fingerprint density at radius 1 is 1.24 bits per heavy atom. The van der Waals surface area contributed by atoms with E-state index in [-0.39, 0.29) is 35.9 Å². The lowest BCUT2D eigenvalue weighted by molar-refractivity contribution is -0.127. The van der Waals surface area contributed by atoms with E-state index in [1.165, 1.54) is 18.4 Å². The summed E-state index contributed by atoms with van der Waals surface area (Å²) in [5.74, 6) is -0.445. The van der Waals surface area contributed by atoms with Crippen molar-refractivity contribution in [2.75, 3.05) is 6.54 Å². The molecule has 7 nitrogen and oxygen atoms in total. The van der Waals surface area contributed by atoms with Gasteiger partial charge in [-0.1, -0.05) is 26.0 Å². The minimum Gasteiger partial charge on any atom is -0.356 e. The quantitative estimate of drug-likeness (QED) is 0.479. The van der Waals surface area contributed by atoms with Gasteiger partial charge in [-0.3, -0.25) is 14.4 Å². The molecule has 0 bridgehead atoms. The van der Waals surface area contributed by atoms with E-state index in [0.29, 0.717) is 37.4 Å². The summed E-state index contributed by atoms with van der Waals surface area (Å²) in [6.07, 6.45) is 3.97. The Morgan fingerprint density at radius 2 is 2.03 bits per heavy atom. The number of hydrogen-bond acceptors (Lipinski definition) is 4. The Labute approximate surface area is 194 Å². The number of nitriles is 1. The monoisotopic (exact) mass is 448 g/mol. The number of ketones is 1. The molecule has 1 aliphatic carbocycles. The van der Waals surface area contributed by atoms with Gasteiger partial charge in [0, 0.05) is 35.7 Å². The molecule has 1 saturated carbocycles. The summed E-state index contributed by atoms with van der Waals surface area (Å²) >= 11 is 0. The van der Waals surface area contributed by atoms with Gasteiger partial charge in [0.15, 0.2) is 5.78 Å². The SMILES string of the molecule is CC(C)CC(CC(=O)c1cc2c(C3CC3)cccc2[nH]1)C(=O)NC(C#N)CC1CCNC1=O. The molecule has 4 rings (SSSR count). The van der Waals surface area contributed by atoms with Crippen molar-refractivity contribution in [3.05, 3.63) is 35.5 Å². The predicted octanol–water partition coefficient (Wildman–Crippen LogP) is 3.81. The van der Waals surface area contributed by atoms with Gasteiger partial charge in [0.2, 0.25) is 11.8 Å². The number of aromatic nitrogens is 1. The molecule has 0 radical (unpaired) electrons. The molecule has 1 saturated heterocycles. The highest BCUT2D eigenvalue weighted by Gasteiger charge is 2.31.